The van der Waals surface area contributed by atoms with E-state index in [0.717, 1.165) is 11.3 Å². The Hall–Kier alpha value is -2.55. The quantitative estimate of drug-likeness (QED) is 0.156. The molecule has 0 bridgehead atoms. The number of hydrogen-bond donors (Lipinski definition) is 1. The molecule has 6 nitrogen and oxygen atoms in total. The molecule has 0 spiro atoms. The summed E-state index contributed by atoms with van der Waals surface area (Å²) in [5.41, 5.74) is 4.75. The van der Waals surface area contributed by atoms with E-state index in [1.54, 1.807) is 42.5 Å². The number of carbonyl (C=O) groups is 1. The number of carbonyl (C=O) groups excluding carboxylic acids is 1. The third-order valence-corrected chi connectivity index (χ3v) is 6.50. The fourth-order valence-electron chi connectivity index (χ4n) is 2.91. The Balaban J connectivity index is 1.51. The average Bonchev–Trinajstić information content (AvgIpc) is 3.24. The van der Waals surface area contributed by atoms with Crippen LogP contribution in [0.4, 0.5) is 0 Å². The monoisotopic (exact) mass is 549 g/mol. The molecule has 0 atom stereocenters. The van der Waals surface area contributed by atoms with Crippen LogP contribution in [-0.2, 0) is 4.79 Å². The summed E-state index contributed by atoms with van der Waals surface area (Å²) >= 11 is 25.3. The van der Waals surface area contributed by atoms with Crippen molar-refractivity contribution in [2.45, 2.75) is 5.16 Å². The van der Waals surface area contributed by atoms with Crippen LogP contribution in [0.25, 0.3) is 17.1 Å². The highest BCUT2D eigenvalue weighted by Crippen LogP contribution is 2.29. The van der Waals surface area contributed by atoms with Gasteiger partial charge in [-0.3, -0.25) is 9.36 Å². The van der Waals surface area contributed by atoms with E-state index in [-0.39, 0.29) is 11.7 Å². The van der Waals surface area contributed by atoms with E-state index in [2.05, 4.69) is 20.7 Å². The average molecular weight is 551 g/mol. The van der Waals surface area contributed by atoms with Gasteiger partial charge in [-0.05, 0) is 60.7 Å². The van der Waals surface area contributed by atoms with Gasteiger partial charge in [-0.2, -0.15) is 5.10 Å². The Bertz CT molecular complexity index is 1340. The number of rotatable bonds is 7. The predicted octanol–water partition coefficient (Wildman–Crippen LogP) is 6.79. The highest BCUT2D eigenvalue weighted by atomic mass is 35.5. The van der Waals surface area contributed by atoms with E-state index >= 15 is 0 Å². The van der Waals surface area contributed by atoms with E-state index in [9.17, 15) is 4.79 Å². The summed E-state index contributed by atoms with van der Waals surface area (Å²) in [6.07, 6.45) is 1.45. The maximum absolute atomic E-state index is 12.4. The molecule has 0 unspecified atom stereocenters. The maximum Gasteiger partial charge on any atom is 0.250 e. The topological polar surface area (TPSA) is 72.2 Å². The molecular weight excluding hydrogens is 536 g/mol. The first-order valence-corrected chi connectivity index (χ1v) is 12.3. The van der Waals surface area contributed by atoms with Gasteiger partial charge in [0.1, 0.15) is 0 Å². The molecule has 34 heavy (non-hydrogen) atoms. The van der Waals surface area contributed by atoms with E-state index in [1.165, 1.54) is 18.0 Å². The largest absolute Gasteiger partial charge is 0.272 e. The minimum absolute atomic E-state index is 0.0675. The van der Waals surface area contributed by atoms with Crippen molar-refractivity contribution in [2.24, 2.45) is 5.10 Å². The zero-order valence-electron chi connectivity index (χ0n) is 17.3. The summed E-state index contributed by atoms with van der Waals surface area (Å²) in [4.78, 5) is 12.4. The number of amides is 1. The van der Waals surface area contributed by atoms with Crippen LogP contribution in [0.3, 0.4) is 0 Å². The van der Waals surface area contributed by atoms with Crippen molar-refractivity contribution in [3.8, 4) is 17.1 Å². The predicted molar refractivity (Wildman–Crippen MR) is 140 cm³/mol. The van der Waals surface area contributed by atoms with E-state index in [4.69, 9.17) is 46.4 Å². The summed E-state index contributed by atoms with van der Waals surface area (Å²) < 4.78 is 1.86. The smallest absolute Gasteiger partial charge is 0.250 e. The van der Waals surface area contributed by atoms with Crippen molar-refractivity contribution < 1.29 is 4.79 Å². The fraction of sp³-hybridized carbons (Fsp3) is 0.0435. The molecule has 1 heterocycles. The number of hydrogen-bond acceptors (Lipinski definition) is 5. The van der Waals surface area contributed by atoms with Gasteiger partial charge in [0.2, 0.25) is 0 Å². The van der Waals surface area contributed by atoms with E-state index in [0.29, 0.717) is 36.6 Å². The second-order valence-corrected chi connectivity index (χ2v) is 9.53. The van der Waals surface area contributed by atoms with Gasteiger partial charge in [-0.15, -0.1) is 10.2 Å². The van der Waals surface area contributed by atoms with Crippen LogP contribution in [0.15, 0.2) is 77.0 Å². The van der Waals surface area contributed by atoms with Crippen LogP contribution in [0, 0.1) is 0 Å². The lowest BCUT2D eigenvalue weighted by molar-refractivity contribution is -0.118. The molecule has 1 amide bonds. The van der Waals surface area contributed by atoms with Crippen LogP contribution in [0.1, 0.15) is 5.56 Å². The fourth-order valence-corrected chi connectivity index (χ4v) is 4.37. The van der Waals surface area contributed by atoms with Crippen molar-refractivity contribution in [2.75, 3.05) is 5.75 Å². The van der Waals surface area contributed by atoms with Crippen LogP contribution >= 0.6 is 58.2 Å². The lowest BCUT2D eigenvalue weighted by atomic mass is 10.2. The third-order valence-electron chi connectivity index (χ3n) is 4.51. The lowest BCUT2D eigenvalue weighted by Gasteiger charge is -2.10. The molecule has 11 heteroatoms. The molecule has 0 radical (unpaired) electrons. The highest BCUT2D eigenvalue weighted by Gasteiger charge is 2.17. The van der Waals surface area contributed by atoms with Gasteiger partial charge < -0.3 is 0 Å². The van der Waals surface area contributed by atoms with Crippen LogP contribution < -0.4 is 5.43 Å². The lowest BCUT2D eigenvalue weighted by Crippen LogP contribution is -2.20. The standard InChI is InChI=1S/C23H15Cl4N5OS/c24-16-4-1-14(2-5-16)22-30-31-23(32(22)19-9-7-17(25)8-10-19)34-13-21(33)29-28-12-15-3-6-18(26)11-20(15)27/h1-12H,13H2,(H,29,33)/b28-12+. The Labute approximate surface area is 219 Å². The van der Waals surface area contributed by atoms with Gasteiger partial charge in [0.25, 0.3) is 5.91 Å². The minimum Gasteiger partial charge on any atom is -0.272 e. The molecule has 172 valence electrons. The molecule has 0 aliphatic heterocycles. The molecular formula is C23H15Cl4N5OS. The number of halogens is 4. The Kier molecular flexibility index (Phi) is 8.13. The third kappa shape index (κ3) is 6.11. The van der Waals surface area contributed by atoms with E-state index in [1.807, 2.05) is 28.8 Å². The number of thioether (sulfide) groups is 1. The molecule has 3 aromatic carbocycles. The maximum atomic E-state index is 12.4. The summed E-state index contributed by atoms with van der Waals surface area (Å²) in [6.45, 7) is 0. The summed E-state index contributed by atoms with van der Waals surface area (Å²) in [5, 5.41) is 15.3. The van der Waals surface area contributed by atoms with Crippen molar-refractivity contribution >= 4 is 70.3 Å². The SMILES string of the molecule is O=C(CSc1nnc(-c2ccc(Cl)cc2)n1-c1ccc(Cl)cc1)N/N=C/c1ccc(Cl)cc1Cl. The molecule has 0 fully saturated rings. The summed E-state index contributed by atoms with van der Waals surface area (Å²) in [6, 6.07) is 19.5. The van der Waals surface area contributed by atoms with E-state index < -0.39 is 0 Å². The summed E-state index contributed by atoms with van der Waals surface area (Å²) in [5.74, 6) is 0.361. The first-order valence-electron chi connectivity index (χ1n) is 9.78. The Morgan fingerprint density at radius 2 is 1.56 bits per heavy atom. The number of hydrazone groups is 1. The van der Waals surface area contributed by atoms with Gasteiger partial charge in [0, 0.05) is 31.9 Å². The molecule has 1 aromatic heterocycles. The van der Waals surface area contributed by atoms with Crippen molar-refractivity contribution in [3.63, 3.8) is 0 Å². The molecule has 0 saturated carbocycles. The van der Waals surface area contributed by atoms with Gasteiger partial charge in [-0.1, -0.05) is 64.2 Å². The second-order valence-electron chi connectivity index (χ2n) is 6.87. The van der Waals surface area contributed by atoms with Crippen molar-refractivity contribution in [3.05, 3.63) is 92.4 Å². The number of nitrogens with zero attached hydrogens (tertiary/aromatic N) is 4. The van der Waals surface area contributed by atoms with Crippen LogP contribution in [0.5, 0.6) is 0 Å². The zero-order chi connectivity index (χ0) is 24.1. The van der Waals surface area contributed by atoms with Gasteiger partial charge in [0.15, 0.2) is 11.0 Å². The highest BCUT2D eigenvalue weighted by molar-refractivity contribution is 7.99. The van der Waals surface area contributed by atoms with Gasteiger partial charge >= 0.3 is 0 Å². The zero-order valence-corrected chi connectivity index (χ0v) is 21.1. The van der Waals surface area contributed by atoms with Crippen LogP contribution in [0.2, 0.25) is 20.1 Å². The molecule has 0 aliphatic carbocycles. The van der Waals surface area contributed by atoms with Crippen LogP contribution in [-0.4, -0.2) is 32.6 Å². The second kappa shape index (κ2) is 11.3. The first kappa shape index (κ1) is 24.6. The number of benzene rings is 3. The van der Waals surface area contributed by atoms with Gasteiger partial charge in [0.05, 0.1) is 17.0 Å². The number of nitrogens with one attached hydrogen (secondary N) is 1. The summed E-state index contributed by atoms with van der Waals surface area (Å²) in [7, 11) is 0. The Morgan fingerprint density at radius 3 is 2.24 bits per heavy atom. The molecule has 0 saturated heterocycles. The molecule has 4 aromatic rings. The normalized spacial score (nSPS) is 11.2. The molecule has 0 aliphatic rings. The number of aromatic nitrogens is 3. The first-order chi connectivity index (χ1) is 16.4. The minimum atomic E-state index is -0.315. The molecule has 4 rings (SSSR count). The van der Waals surface area contributed by atoms with Crippen molar-refractivity contribution in [1.82, 2.24) is 20.2 Å². The van der Waals surface area contributed by atoms with Crippen molar-refractivity contribution in [1.29, 1.82) is 0 Å². The Morgan fingerprint density at radius 1 is 0.912 bits per heavy atom. The molecule has 1 N–H and O–H groups in total. The van der Waals surface area contributed by atoms with Gasteiger partial charge in [-0.25, -0.2) is 5.43 Å².